The lowest BCUT2D eigenvalue weighted by atomic mass is 9.83. The lowest BCUT2D eigenvalue weighted by Crippen LogP contribution is -2.11. The Balaban J connectivity index is 1.43. The van der Waals surface area contributed by atoms with Gasteiger partial charge >= 0.3 is 0 Å². The predicted octanol–water partition coefficient (Wildman–Crippen LogP) is 14.3. The van der Waals surface area contributed by atoms with Crippen molar-refractivity contribution in [1.29, 1.82) is 0 Å². The molecule has 58 heavy (non-hydrogen) atoms. The number of pyridine rings is 1. The summed E-state index contributed by atoms with van der Waals surface area (Å²) in [6.45, 7) is 15.1. The maximum atomic E-state index is 8.41. The van der Waals surface area contributed by atoms with Crippen LogP contribution in [0.15, 0.2) is 140 Å². The van der Waals surface area contributed by atoms with Crippen LogP contribution < -0.4 is 4.74 Å². The fraction of sp³-hybridized carbons (Fsp3) is 0.222. The first-order valence-corrected chi connectivity index (χ1v) is 20.0. The lowest BCUT2D eigenvalue weighted by Gasteiger charge is -2.22. The van der Waals surface area contributed by atoms with E-state index in [4.69, 9.17) is 18.8 Å². The number of hydrogen-bond donors (Lipinski definition) is 0. The minimum absolute atomic E-state index is 0.0451. The molecule has 0 spiro atoms. The van der Waals surface area contributed by atoms with E-state index in [9.17, 15) is 0 Å². The van der Waals surface area contributed by atoms with Gasteiger partial charge in [0.2, 0.25) is 0 Å². The van der Waals surface area contributed by atoms with Crippen LogP contribution in [0, 0.1) is 20.7 Å². The summed E-state index contributed by atoms with van der Waals surface area (Å²) in [7, 11) is 1.70. The first kappa shape index (κ1) is 34.9. The Labute approximate surface area is 348 Å². The molecular weight excluding hydrogens is 707 g/mol. The van der Waals surface area contributed by atoms with Gasteiger partial charge in [-0.25, -0.2) is 4.98 Å². The molecule has 0 fully saturated rings. The molecule has 0 radical (unpaired) electrons. The Hall–Kier alpha value is -6.26. The van der Waals surface area contributed by atoms with Crippen molar-refractivity contribution in [3.63, 3.8) is 0 Å². The molecule has 0 amide bonds. The van der Waals surface area contributed by atoms with E-state index in [0.717, 1.165) is 83.8 Å². The Bertz CT molecular complexity index is 2910. The molecule has 2 heterocycles. The van der Waals surface area contributed by atoms with Crippen molar-refractivity contribution in [3.8, 4) is 67.5 Å². The molecule has 8 aromatic rings. The molecular formula is C54H53N3O. The molecule has 4 nitrogen and oxygen atoms in total. The van der Waals surface area contributed by atoms with Gasteiger partial charge in [-0.05, 0) is 125 Å². The van der Waals surface area contributed by atoms with Crippen molar-refractivity contribution in [1.82, 2.24) is 14.5 Å². The van der Waals surface area contributed by atoms with Crippen LogP contribution in [-0.2, 0) is 10.8 Å². The average Bonchev–Trinajstić information content (AvgIpc) is 3.62. The average molecular weight is 763 g/mol. The van der Waals surface area contributed by atoms with Crippen LogP contribution in [0.2, 0.25) is 0 Å². The summed E-state index contributed by atoms with van der Waals surface area (Å²) >= 11 is 0. The predicted molar refractivity (Wildman–Crippen MR) is 244 cm³/mol. The fourth-order valence-corrected chi connectivity index (χ4v) is 8.02. The number of aryl methyl sites for hydroxylation is 3. The maximum absolute atomic E-state index is 8.41. The largest absolute Gasteiger partial charge is 0.496 e. The second kappa shape index (κ2) is 14.9. The fourth-order valence-electron chi connectivity index (χ4n) is 8.02. The first-order chi connectivity index (χ1) is 28.9. The van der Waals surface area contributed by atoms with Crippen LogP contribution in [0.1, 0.15) is 73.5 Å². The van der Waals surface area contributed by atoms with Crippen molar-refractivity contribution in [2.75, 3.05) is 7.11 Å². The number of rotatable bonds is 7. The van der Waals surface area contributed by atoms with Crippen LogP contribution in [0.5, 0.6) is 5.75 Å². The van der Waals surface area contributed by atoms with Crippen LogP contribution in [0.25, 0.3) is 72.7 Å². The number of nitrogens with zero attached hydrogens (tertiary/aromatic N) is 3. The standard InChI is InChI=1S/C54H53N3O/c1-34-19-24-48(45(28-34)38-20-22-42(23-21-38)53(4,5)6)57-49-18-14-17-44(50(49)56-52(57)46-29-35(2)27-36(3)51(46)58-10)40-30-41(32-43(31-40)54(7,8)9)47-33-39(25-26-55-47)37-15-12-11-13-16-37/h11-33H,1-10H3/i1D3. The maximum Gasteiger partial charge on any atom is 0.149 e. The van der Waals surface area contributed by atoms with Crippen molar-refractivity contribution in [2.45, 2.75) is 73.1 Å². The SMILES string of the molecule is [2H]C([2H])([2H])c1ccc(-n2c(-c3cc(C)cc(C)c3OC)nc3c(-c4cc(-c5cc(-c6ccccc6)ccn5)cc(C(C)(C)C)c4)cccc32)c(-c2ccc(C(C)(C)C)cc2)c1. The van der Waals surface area contributed by atoms with E-state index in [-0.39, 0.29) is 16.4 Å². The van der Waals surface area contributed by atoms with Gasteiger partial charge in [0, 0.05) is 27.0 Å². The second-order valence-corrected chi connectivity index (χ2v) is 17.5. The Morgan fingerprint density at radius 2 is 1.29 bits per heavy atom. The summed E-state index contributed by atoms with van der Waals surface area (Å²) in [6.07, 6.45) is 1.89. The zero-order chi connectivity index (χ0) is 43.4. The number of ether oxygens (including phenoxy) is 1. The summed E-state index contributed by atoms with van der Waals surface area (Å²) in [4.78, 5) is 10.5. The van der Waals surface area contributed by atoms with Crippen LogP contribution in [0.3, 0.4) is 0 Å². The van der Waals surface area contributed by atoms with Gasteiger partial charge in [0.25, 0.3) is 0 Å². The summed E-state index contributed by atoms with van der Waals surface area (Å²) in [5, 5.41) is 0. The molecule has 0 aliphatic rings. The highest BCUT2D eigenvalue weighted by molar-refractivity contribution is 5.98. The van der Waals surface area contributed by atoms with Gasteiger partial charge in [-0.3, -0.25) is 9.55 Å². The van der Waals surface area contributed by atoms with Crippen molar-refractivity contribution < 1.29 is 8.85 Å². The molecule has 0 N–H and O–H groups in total. The Morgan fingerprint density at radius 1 is 0.569 bits per heavy atom. The van der Waals surface area contributed by atoms with Gasteiger partial charge in [0.1, 0.15) is 11.6 Å². The number of hydrogen-bond acceptors (Lipinski definition) is 3. The molecule has 290 valence electrons. The second-order valence-electron chi connectivity index (χ2n) is 17.5. The van der Waals surface area contributed by atoms with Crippen molar-refractivity contribution in [2.24, 2.45) is 0 Å². The van der Waals surface area contributed by atoms with Gasteiger partial charge in [0.05, 0.1) is 35.1 Å². The Kier molecular flexibility index (Phi) is 8.99. The highest BCUT2D eigenvalue weighted by atomic mass is 16.5. The van der Waals surface area contributed by atoms with E-state index >= 15 is 0 Å². The normalized spacial score (nSPS) is 12.9. The first-order valence-electron chi connectivity index (χ1n) is 21.5. The summed E-state index contributed by atoms with van der Waals surface area (Å²) in [6, 6.07) is 45.9. The topological polar surface area (TPSA) is 39.9 Å². The van der Waals surface area contributed by atoms with E-state index in [0.29, 0.717) is 5.82 Å². The smallest absolute Gasteiger partial charge is 0.149 e. The summed E-state index contributed by atoms with van der Waals surface area (Å²) in [5.74, 6) is 1.44. The van der Waals surface area contributed by atoms with Gasteiger partial charge < -0.3 is 4.74 Å². The highest BCUT2D eigenvalue weighted by Crippen LogP contribution is 2.43. The van der Waals surface area contributed by atoms with Crippen LogP contribution in [-0.4, -0.2) is 21.6 Å². The number of aromatic nitrogens is 3. The van der Waals surface area contributed by atoms with Crippen molar-refractivity contribution >= 4 is 11.0 Å². The van der Waals surface area contributed by atoms with Crippen LogP contribution in [0.4, 0.5) is 0 Å². The number of methoxy groups -OCH3 is 1. The molecule has 6 aromatic carbocycles. The van der Waals surface area contributed by atoms with Gasteiger partial charge in [-0.2, -0.15) is 0 Å². The lowest BCUT2D eigenvalue weighted by molar-refractivity contribution is 0.413. The van der Waals surface area contributed by atoms with Gasteiger partial charge in [0.15, 0.2) is 0 Å². The third-order valence-electron chi connectivity index (χ3n) is 11.1. The van der Waals surface area contributed by atoms with E-state index < -0.39 is 6.85 Å². The van der Waals surface area contributed by atoms with Gasteiger partial charge in [-0.15, -0.1) is 0 Å². The zero-order valence-electron chi connectivity index (χ0n) is 38.0. The number of fused-ring (bicyclic) bond motifs is 1. The number of imidazole rings is 1. The third kappa shape index (κ3) is 7.36. The molecule has 0 saturated heterocycles. The minimum Gasteiger partial charge on any atom is -0.496 e. The van der Waals surface area contributed by atoms with E-state index in [1.165, 1.54) is 11.1 Å². The molecule has 8 rings (SSSR count). The molecule has 4 heteroatoms. The molecule has 2 aromatic heterocycles. The highest BCUT2D eigenvalue weighted by Gasteiger charge is 2.25. The van der Waals surface area contributed by atoms with Gasteiger partial charge in [-0.1, -0.05) is 132 Å². The minimum atomic E-state index is -2.30. The Morgan fingerprint density at radius 3 is 2.00 bits per heavy atom. The summed E-state index contributed by atoms with van der Waals surface area (Å²) in [5.41, 5.74) is 15.8. The molecule has 0 unspecified atom stereocenters. The molecule has 0 saturated carbocycles. The van der Waals surface area contributed by atoms with E-state index in [1.807, 2.05) is 24.4 Å². The zero-order valence-corrected chi connectivity index (χ0v) is 35.0. The quantitative estimate of drug-likeness (QED) is 0.162. The monoisotopic (exact) mass is 762 g/mol. The van der Waals surface area contributed by atoms with Crippen LogP contribution >= 0.6 is 0 Å². The summed E-state index contributed by atoms with van der Waals surface area (Å²) < 4.78 is 33.6. The molecule has 0 bridgehead atoms. The van der Waals surface area contributed by atoms with E-state index in [2.05, 4.69) is 169 Å². The third-order valence-corrected chi connectivity index (χ3v) is 11.1. The number of benzene rings is 6. The number of para-hydroxylation sites is 1. The van der Waals surface area contributed by atoms with Crippen molar-refractivity contribution in [3.05, 3.63) is 167 Å². The molecule has 0 atom stereocenters. The molecule has 0 aliphatic carbocycles. The van der Waals surface area contributed by atoms with E-state index in [1.54, 1.807) is 13.2 Å². The molecule has 0 aliphatic heterocycles.